The van der Waals surface area contributed by atoms with Gasteiger partial charge in [-0.1, -0.05) is 66.7 Å². The van der Waals surface area contributed by atoms with Crippen LogP contribution in [0.4, 0.5) is 5.69 Å². The van der Waals surface area contributed by atoms with Gasteiger partial charge in [-0.05, 0) is 23.3 Å². The molecular weight excluding hydrogens is 326 g/mol. The van der Waals surface area contributed by atoms with Crippen molar-refractivity contribution in [3.05, 3.63) is 107 Å². The Morgan fingerprint density at radius 2 is 1.46 bits per heavy atom. The Morgan fingerprint density at radius 1 is 0.846 bits per heavy atom. The Hall–Kier alpha value is -3.58. The number of hydrogen-bond acceptors (Lipinski definition) is 3. The monoisotopic (exact) mass is 343 g/mol. The van der Waals surface area contributed by atoms with E-state index in [0.717, 1.165) is 11.1 Å². The first-order valence-corrected chi connectivity index (χ1v) is 8.15. The fraction of sp³-hybridized carbons (Fsp3) is 0.0909. The molecule has 26 heavy (non-hydrogen) atoms. The maximum atomic E-state index is 12.5. The number of nitrogens with zero attached hydrogens (tertiary/aromatic N) is 1. The summed E-state index contributed by atoms with van der Waals surface area (Å²) in [5.74, 6) is -0.110. The highest BCUT2D eigenvalue weighted by molar-refractivity contribution is 5.93. The van der Waals surface area contributed by atoms with E-state index in [2.05, 4.69) is 4.85 Å². The average Bonchev–Trinajstić information content (AvgIpc) is 2.72. The number of ether oxygens (including phenoxy) is 2. The second kappa shape index (κ2) is 8.50. The van der Waals surface area contributed by atoms with Crippen LogP contribution in [0.25, 0.3) is 4.85 Å². The average molecular weight is 343 g/mol. The second-order valence-electron chi connectivity index (χ2n) is 5.63. The summed E-state index contributed by atoms with van der Waals surface area (Å²) in [6, 6.07) is 23.9. The highest BCUT2D eigenvalue weighted by atomic mass is 16.5. The van der Waals surface area contributed by atoms with Gasteiger partial charge in [0.2, 0.25) is 0 Å². The topological polar surface area (TPSA) is 39.9 Å². The van der Waals surface area contributed by atoms with Gasteiger partial charge in [-0.25, -0.2) is 9.64 Å². The van der Waals surface area contributed by atoms with Crippen LogP contribution < -0.4 is 4.74 Å². The molecule has 3 rings (SSSR count). The molecule has 3 aromatic rings. The minimum absolute atomic E-state index is 0.167. The Balaban J connectivity index is 1.75. The molecule has 0 saturated carbocycles. The van der Waals surface area contributed by atoms with Gasteiger partial charge in [-0.2, -0.15) is 0 Å². The minimum atomic E-state index is -0.512. The molecule has 0 N–H and O–H groups in total. The van der Waals surface area contributed by atoms with E-state index >= 15 is 0 Å². The number of rotatable bonds is 6. The van der Waals surface area contributed by atoms with E-state index in [1.54, 1.807) is 12.1 Å². The molecule has 0 aliphatic carbocycles. The summed E-state index contributed by atoms with van der Waals surface area (Å²) < 4.78 is 11.2. The third-order valence-corrected chi connectivity index (χ3v) is 3.76. The van der Waals surface area contributed by atoms with Crippen molar-refractivity contribution in [2.45, 2.75) is 13.2 Å². The molecule has 0 unspecified atom stereocenters. The van der Waals surface area contributed by atoms with E-state index in [0.29, 0.717) is 18.0 Å². The molecule has 0 spiro atoms. The minimum Gasteiger partial charge on any atom is -0.488 e. The fourth-order valence-electron chi connectivity index (χ4n) is 2.41. The van der Waals surface area contributed by atoms with E-state index in [9.17, 15) is 4.79 Å². The smallest absolute Gasteiger partial charge is 0.340 e. The van der Waals surface area contributed by atoms with Crippen molar-refractivity contribution in [2.24, 2.45) is 0 Å². The number of hydrogen-bond donors (Lipinski definition) is 0. The molecule has 0 amide bonds. The summed E-state index contributed by atoms with van der Waals surface area (Å²) in [4.78, 5) is 15.9. The van der Waals surface area contributed by atoms with Gasteiger partial charge in [0.15, 0.2) is 5.69 Å². The summed E-state index contributed by atoms with van der Waals surface area (Å²) in [5, 5.41) is 0. The molecule has 4 nitrogen and oxygen atoms in total. The molecule has 128 valence electrons. The van der Waals surface area contributed by atoms with E-state index < -0.39 is 5.97 Å². The largest absolute Gasteiger partial charge is 0.488 e. The van der Waals surface area contributed by atoms with Gasteiger partial charge in [0.25, 0.3) is 0 Å². The van der Waals surface area contributed by atoms with Gasteiger partial charge in [0, 0.05) is 0 Å². The van der Waals surface area contributed by atoms with Crippen LogP contribution >= 0.6 is 0 Å². The zero-order valence-corrected chi connectivity index (χ0v) is 14.1. The summed E-state index contributed by atoms with van der Waals surface area (Å²) in [6.45, 7) is 7.65. The van der Waals surface area contributed by atoms with E-state index in [-0.39, 0.29) is 12.2 Å². The first kappa shape index (κ1) is 17.2. The molecular formula is C22H17NO3. The van der Waals surface area contributed by atoms with Gasteiger partial charge >= 0.3 is 5.97 Å². The van der Waals surface area contributed by atoms with E-state index in [1.165, 1.54) is 6.07 Å². The van der Waals surface area contributed by atoms with Crippen molar-refractivity contribution in [2.75, 3.05) is 0 Å². The van der Waals surface area contributed by atoms with Gasteiger partial charge in [0.05, 0.1) is 12.1 Å². The number of esters is 1. The predicted octanol–water partition coefficient (Wildman–Crippen LogP) is 5.17. The van der Waals surface area contributed by atoms with Gasteiger partial charge in [-0.3, -0.25) is 0 Å². The van der Waals surface area contributed by atoms with Crippen LogP contribution in [-0.4, -0.2) is 5.97 Å². The first-order valence-electron chi connectivity index (χ1n) is 8.15. The highest BCUT2D eigenvalue weighted by Crippen LogP contribution is 2.26. The van der Waals surface area contributed by atoms with Crippen LogP contribution in [0.5, 0.6) is 5.75 Å². The van der Waals surface area contributed by atoms with Crippen molar-refractivity contribution < 1.29 is 14.3 Å². The van der Waals surface area contributed by atoms with Crippen LogP contribution in [0.3, 0.4) is 0 Å². The van der Waals surface area contributed by atoms with Crippen molar-refractivity contribution in [3.8, 4) is 5.75 Å². The second-order valence-corrected chi connectivity index (χ2v) is 5.63. The normalized spacial score (nSPS) is 9.96. The van der Waals surface area contributed by atoms with Crippen LogP contribution in [-0.2, 0) is 18.0 Å². The predicted molar refractivity (Wildman–Crippen MR) is 99.0 cm³/mol. The van der Waals surface area contributed by atoms with Crippen LogP contribution in [0, 0.1) is 6.57 Å². The molecule has 0 atom stereocenters. The maximum absolute atomic E-state index is 12.5. The molecule has 3 aromatic carbocycles. The molecule has 0 aliphatic rings. The Labute approximate surface area is 152 Å². The Morgan fingerprint density at radius 3 is 2.08 bits per heavy atom. The first-order chi connectivity index (χ1) is 12.8. The standard InChI is InChI=1S/C22H17NO3/c1-23-19-12-13-21(25-15-17-8-4-2-5-9-17)20(14-19)22(24)26-16-18-10-6-3-7-11-18/h2-14H,15-16H2. The molecule has 0 aromatic heterocycles. The summed E-state index contributed by atoms with van der Waals surface area (Å²) in [7, 11) is 0. The summed E-state index contributed by atoms with van der Waals surface area (Å²) in [6.07, 6.45) is 0. The summed E-state index contributed by atoms with van der Waals surface area (Å²) >= 11 is 0. The molecule has 0 bridgehead atoms. The molecule has 0 fully saturated rings. The zero-order valence-electron chi connectivity index (χ0n) is 14.1. The van der Waals surface area contributed by atoms with Crippen LogP contribution in [0.15, 0.2) is 78.9 Å². The molecule has 0 heterocycles. The SMILES string of the molecule is [C-]#[N+]c1ccc(OCc2ccccc2)c(C(=O)OCc2ccccc2)c1. The van der Waals surface area contributed by atoms with E-state index in [4.69, 9.17) is 16.0 Å². The lowest BCUT2D eigenvalue weighted by molar-refractivity contribution is 0.0467. The Kier molecular flexibility index (Phi) is 5.64. The van der Waals surface area contributed by atoms with Gasteiger partial charge in [-0.15, -0.1) is 0 Å². The quantitative estimate of drug-likeness (QED) is 0.458. The third kappa shape index (κ3) is 4.49. The van der Waals surface area contributed by atoms with Crippen molar-refractivity contribution in [1.29, 1.82) is 0 Å². The lowest BCUT2D eigenvalue weighted by Crippen LogP contribution is -2.08. The third-order valence-electron chi connectivity index (χ3n) is 3.76. The van der Waals surface area contributed by atoms with Gasteiger partial charge < -0.3 is 9.47 Å². The highest BCUT2D eigenvalue weighted by Gasteiger charge is 2.15. The number of carbonyl (C=O) groups is 1. The van der Waals surface area contributed by atoms with Crippen LogP contribution in [0.2, 0.25) is 0 Å². The molecule has 0 aliphatic heterocycles. The van der Waals surface area contributed by atoms with Crippen molar-refractivity contribution in [3.63, 3.8) is 0 Å². The van der Waals surface area contributed by atoms with Crippen LogP contribution in [0.1, 0.15) is 21.5 Å². The van der Waals surface area contributed by atoms with E-state index in [1.807, 2.05) is 60.7 Å². The van der Waals surface area contributed by atoms with Crippen molar-refractivity contribution >= 4 is 11.7 Å². The van der Waals surface area contributed by atoms with Gasteiger partial charge in [0.1, 0.15) is 19.0 Å². The number of carbonyl (C=O) groups excluding carboxylic acids is 1. The molecule has 0 saturated heterocycles. The van der Waals surface area contributed by atoms with Crippen molar-refractivity contribution in [1.82, 2.24) is 0 Å². The molecule has 0 radical (unpaired) electrons. The number of benzene rings is 3. The lowest BCUT2D eigenvalue weighted by Gasteiger charge is -2.12. The zero-order chi connectivity index (χ0) is 18.2. The summed E-state index contributed by atoms with van der Waals surface area (Å²) in [5.41, 5.74) is 2.51. The Bertz CT molecular complexity index is 915. The fourth-order valence-corrected chi connectivity index (χ4v) is 2.41. The maximum Gasteiger partial charge on any atom is 0.340 e. The molecule has 4 heteroatoms. The lowest BCUT2D eigenvalue weighted by atomic mass is 10.1.